The lowest BCUT2D eigenvalue weighted by Crippen LogP contribution is -2.36. The molecule has 0 saturated carbocycles. The van der Waals surface area contributed by atoms with Crippen LogP contribution in [0.2, 0.25) is 5.02 Å². The molecule has 0 spiro atoms. The smallest absolute Gasteiger partial charge is 0.294 e. The molecule has 0 aliphatic carbocycles. The SMILES string of the molecule is N#Cc1ccc(-c2ccc(/C=C3/SC(=O)N(CC(=O)Nc4ccccc4Cl)C3=O)o2)cc1. The third-order valence-electron chi connectivity index (χ3n) is 4.52. The Bertz CT molecular complexity index is 1290. The molecule has 1 saturated heterocycles. The maximum Gasteiger partial charge on any atom is 0.294 e. The van der Waals surface area contributed by atoms with Gasteiger partial charge in [0.25, 0.3) is 11.1 Å². The highest BCUT2D eigenvalue weighted by Gasteiger charge is 2.36. The first-order valence-corrected chi connectivity index (χ1v) is 10.5. The Morgan fingerprint density at radius 3 is 2.59 bits per heavy atom. The van der Waals surface area contributed by atoms with Gasteiger partial charge >= 0.3 is 0 Å². The molecule has 3 aromatic rings. The van der Waals surface area contributed by atoms with Crippen molar-refractivity contribution in [3.05, 3.63) is 81.9 Å². The lowest BCUT2D eigenvalue weighted by atomic mass is 10.1. The minimum atomic E-state index is -0.578. The van der Waals surface area contributed by atoms with Crippen LogP contribution >= 0.6 is 23.4 Å². The highest BCUT2D eigenvalue weighted by atomic mass is 35.5. The predicted molar refractivity (Wildman–Crippen MR) is 122 cm³/mol. The predicted octanol–water partition coefficient (Wildman–Crippen LogP) is 5.15. The summed E-state index contributed by atoms with van der Waals surface area (Å²) in [6.07, 6.45) is 1.46. The van der Waals surface area contributed by atoms with Crippen LogP contribution in [0.3, 0.4) is 0 Å². The van der Waals surface area contributed by atoms with Gasteiger partial charge in [0, 0.05) is 11.6 Å². The van der Waals surface area contributed by atoms with Crippen molar-refractivity contribution in [3.8, 4) is 17.4 Å². The number of nitriles is 1. The molecule has 7 nitrogen and oxygen atoms in total. The van der Waals surface area contributed by atoms with Crippen molar-refractivity contribution in [2.75, 3.05) is 11.9 Å². The first-order valence-electron chi connectivity index (χ1n) is 9.35. The van der Waals surface area contributed by atoms with Gasteiger partial charge < -0.3 is 9.73 Å². The van der Waals surface area contributed by atoms with Crippen molar-refractivity contribution in [3.63, 3.8) is 0 Å². The zero-order chi connectivity index (χ0) is 22.7. The molecule has 2 aromatic carbocycles. The van der Waals surface area contributed by atoms with E-state index in [1.807, 2.05) is 6.07 Å². The van der Waals surface area contributed by atoms with E-state index in [2.05, 4.69) is 5.32 Å². The number of carbonyl (C=O) groups excluding carboxylic acids is 3. The Balaban J connectivity index is 1.45. The number of furan rings is 1. The van der Waals surface area contributed by atoms with Crippen molar-refractivity contribution in [1.82, 2.24) is 4.90 Å². The topological polar surface area (TPSA) is 103 Å². The molecule has 0 atom stereocenters. The Hall–Kier alpha value is -3.80. The molecule has 0 bridgehead atoms. The number of amides is 3. The van der Waals surface area contributed by atoms with E-state index in [4.69, 9.17) is 21.3 Å². The van der Waals surface area contributed by atoms with Gasteiger partial charge in [0.1, 0.15) is 18.1 Å². The van der Waals surface area contributed by atoms with Gasteiger partial charge in [-0.25, -0.2) is 0 Å². The molecular weight excluding hydrogens is 450 g/mol. The highest BCUT2D eigenvalue weighted by Crippen LogP contribution is 2.33. The number of para-hydroxylation sites is 1. The van der Waals surface area contributed by atoms with E-state index in [9.17, 15) is 14.4 Å². The van der Waals surface area contributed by atoms with Crippen LogP contribution in [0, 0.1) is 11.3 Å². The van der Waals surface area contributed by atoms with Crippen LogP contribution in [0.4, 0.5) is 10.5 Å². The number of imide groups is 1. The molecule has 0 unspecified atom stereocenters. The van der Waals surface area contributed by atoms with Gasteiger partial charge in [-0.05, 0) is 60.3 Å². The van der Waals surface area contributed by atoms with Gasteiger partial charge in [0.15, 0.2) is 0 Å². The first kappa shape index (κ1) is 21.4. The summed E-state index contributed by atoms with van der Waals surface area (Å²) in [5.74, 6) is -0.178. The third kappa shape index (κ3) is 4.59. The molecule has 1 aliphatic rings. The Labute approximate surface area is 192 Å². The van der Waals surface area contributed by atoms with Crippen LogP contribution in [0.15, 0.2) is 70.0 Å². The summed E-state index contributed by atoms with van der Waals surface area (Å²) in [5, 5.41) is 11.3. The zero-order valence-corrected chi connectivity index (χ0v) is 17.9. The monoisotopic (exact) mass is 463 g/mol. The van der Waals surface area contributed by atoms with Crippen molar-refractivity contribution in [1.29, 1.82) is 5.26 Å². The molecule has 1 aromatic heterocycles. The average Bonchev–Trinajstić information content (AvgIpc) is 3.36. The van der Waals surface area contributed by atoms with Crippen molar-refractivity contribution < 1.29 is 18.8 Å². The van der Waals surface area contributed by atoms with Crippen LogP contribution in [0.1, 0.15) is 11.3 Å². The summed E-state index contributed by atoms with van der Waals surface area (Å²) in [4.78, 5) is 38.3. The average molecular weight is 464 g/mol. The van der Waals surface area contributed by atoms with Crippen molar-refractivity contribution in [2.45, 2.75) is 0 Å². The number of hydrogen-bond donors (Lipinski definition) is 1. The van der Waals surface area contributed by atoms with Gasteiger partial charge in [-0.1, -0.05) is 23.7 Å². The second-order valence-electron chi connectivity index (χ2n) is 6.69. The standard InChI is InChI=1S/C23H14ClN3O4S/c24-17-3-1-2-4-18(17)26-21(28)13-27-22(29)20(32-23(27)30)11-16-9-10-19(31-16)15-7-5-14(12-25)6-8-15/h1-11H,13H2,(H,26,28)/b20-11+. The number of nitrogens with one attached hydrogen (secondary N) is 1. The lowest BCUT2D eigenvalue weighted by molar-refractivity contribution is -0.127. The number of benzene rings is 2. The molecule has 2 heterocycles. The normalized spacial score (nSPS) is 14.6. The van der Waals surface area contributed by atoms with Gasteiger partial charge in [0.05, 0.1) is 27.2 Å². The molecule has 158 valence electrons. The van der Waals surface area contributed by atoms with E-state index in [-0.39, 0.29) is 4.91 Å². The molecule has 32 heavy (non-hydrogen) atoms. The highest BCUT2D eigenvalue weighted by molar-refractivity contribution is 8.18. The van der Waals surface area contributed by atoms with Crippen LogP contribution < -0.4 is 5.32 Å². The van der Waals surface area contributed by atoms with E-state index < -0.39 is 23.6 Å². The summed E-state index contributed by atoms with van der Waals surface area (Å²) < 4.78 is 5.75. The van der Waals surface area contributed by atoms with E-state index >= 15 is 0 Å². The molecule has 1 aliphatic heterocycles. The summed E-state index contributed by atoms with van der Waals surface area (Å²) in [6, 6.07) is 19.0. The number of halogens is 1. The van der Waals surface area contributed by atoms with E-state index in [1.165, 1.54) is 6.08 Å². The molecule has 3 amide bonds. The summed E-state index contributed by atoms with van der Waals surface area (Å²) in [6.45, 7) is -0.429. The molecule has 1 fully saturated rings. The number of anilines is 1. The van der Waals surface area contributed by atoms with Crippen LogP contribution in [-0.4, -0.2) is 28.5 Å². The van der Waals surface area contributed by atoms with Crippen LogP contribution in [-0.2, 0) is 9.59 Å². The van der Waals surface area contributed by atoms with Crippen molar-refractivity contribution >= 4 is 52.2 Å². The van der Waals surface area contributed by atoms with Crippen LogP contribution in [0.25, 0.3) is 17.4 Å². The Kier molecular flexibility index (Phi) is 6.12. The number of thioether (sulfide) groups is 1. The third-order valence-corrected chi connectivity index (χ3v) is 5.76. The van der Waals surface area contributed by atoms with Crippen molar-refractivity contribution in [2.24, 2.45) is 0 Å². The van der Waals surface area contributed by atoms with E-state index in [1.54, 1.807) is 60.7 Å². The largest absolute Gasteiger partial charge is 0.457 e. The fourth-order valence-electron chi connectivity index (χ4n) is 2.96. The Morgan fingerprint density at radius 1 is 1.12 bits per heavy atom. The first-order chi connectivity index (χ1) is 15.4. The maximum atomic E-state index is 12.7. The second kappa shape index (κ2) is 9.14. The Morgan fingerprint density at radius 2 is 1.88 bits per heavy atom. The van der Waals surface area contributed by atoms with Gasteiger partial charge in [-0.3, -0.25) is 19.3 Å². The molecular formula is C23H14ClN3O4S. The fraction of sp³-hybridized carbons (Fsp3) is 0.0435. The number of nitrogens with zero attached hydrogens (tertiary/aromatic N) is 2. The molecule has 9 heteroatoms. The second-order valence-corrected chi connectivity index (χ2v) is 8.09. The minimum absolute atomic E-state index is 0.154. The van der Waals surface area contributed by atoms with E-state index in [0.717, 1.165) is 22.2 Å². The van der Waals surface area contributed by atoms with Gasteiger partial charge in [-0.2, -0.15) is 5.26 Å². The fourth-order valence-corrected chi connectivity index (χ4v) is 3.96. The van der Waals surface area contributed by atoms with Gasteiger partial charge in [-0.15, -0.1) is 0 Å². The van der Waals surface area contributed by atoms with Crippen LogP contribution in [0.5, 0.6) is 0 Å². The lowest BCUT2D eigenvalue weighted by Gasteiger charge is -2.13. The number of hydrogen-bond acceptors (Lipinski definition) is 6. The summed E-state index contributed by atoms with van der Waals surface area (Å²) in [5.41, 5.74) is 1.70. The zero-order valence-electron chi connectivity index (χ0n) is 16.4. The van der Waals surface area contributed by atoms with E-state index in [0.29, 0.717) is 27.8 Å². The summed E-state index contributed by atoms with van der Waals surface area (Å²) >= 11 is 6.75. The maximum absolute atomic E-state index is 12.7. The quantitative estimate of drug-likeness (QED) is 0.525. The summed E-state index contributed by atoms with van der Waals surface area (Å²) in [7, 11) is 0. The molecule has 0 radical (unpaired) electrons. The molecule has 4 rings (SSSR count). The van der Waals surface area contributed by atoms with Gasteiger partial charge in [0.2, 0.25) is 5.91 Å². The minimum Gasteiger partial charge on any atom is -0.457 e. The molecule has 1 N–H and O–H groups in total. The number of rotatable bonds is 5. The number of carbonyl (C=O) groups is 3.